The van der Waals surface area contributed by atoms with Crippen molar-refractivity contribution in [1.29, 1.82) is 0 Å². The molecule has 0 unspecified atom stereocenters. The standard InChI is InChI=1S/C38H35F5N10O4/c1-36(2,38(41,42)43)34-47-30(49-50-34)16-46-33(55)29-11-27(51-57-29)32-44-14-23(15-45-32)24-5-3-20(9-25(24)39)17-52-18-37(19-52)12-22(13-37)21-4-6-28(26(40)10-21)53-8-7-31(54)48-35(53)56/h3-6,9-11,14-15,22H,7-8,12-13,16-19H2,1-2H3,(H,46,55)(H,47,49,50)(H,48,54,56). The molecule has 1 saturated carbocycles. The molecule has 0 atom stereocenters. The largest absolute Gasteiger partial charge is 0.401 e. The van der Waals surface area contributed by atoms with Crippen LogP contribution in [0.1, 0.15) is 72.4 Å². The molecule has 8 rings (SSSR count). The topological polar surface area (TPSA) is 175 Å². The molecule has 1 spiro atoms. The van der Waals surface area contributed by atoms with E-state index < -0.39 is 41.0 Å². The third-order valence-corrected chi connectivity index (χ3v) is 10.8. The predicted molar refractivity (Wildman–Crippen MR) is 191 cm³/mol. The Kier molecular flexibility index (Phi) is 9.36. The third-order valence-electron chi connectivity index (χ3n) is 10.8. The molecule has 2 saturated heterocycles. The van der Waals surface area contributed by atoms with E-state index in [1.165, 1.54) is 35.5 Å². The van der Waals surface area contributed by atoms with Gasteiger partial charge in [0, 0.05) is 62.2 Å². The Balaban J connectivity index is 0.814. The highest BCUT2D eigenvalue weighted by Gasteiger charge is 2.53. The number of aromatic amines is 1. The summed E-state index contributed by atoms with van der Waals surface area (Å²) in [5, 5.41) is 14.5. The average Bonchev–Trinajstić information content (AvgIpc) is 3.83. The number of halogens is 5. The van der Waals surface area contributed by atoms with E-state index in [1.807, 2.05) is 12.1 Å². The average molecular weight is 791 g/mol. The fourth-order valence-electron chi connectivity index (χ4n) is 7.55. The fraction of sp³-hybridized carbons (Fsp3) is 0.368. The van der Waals surface area contributed by atoms with Gasteiger partial charge in [-0.1, -0.05) is 23.4 Å². The van der Waals surface area contributed by atoms with Gasteiger partial charge in [-0.2, -0.15) is 18.3 Å². The lowest BCUT2D eigenvalue weighted by atomic mass is 9.56. The van der Waals surface area contributed by atoms with E-state index in [1.54, 1.807) is 12.1 Å². The number of aromatic nitrogens is 6. The zero-order chi connectivity index (χ0) is 40.3. The Morgan fingerprint density at radius 2 is 1.77 bits per heavy atom. The van der Waals surface area contributed by atoms with E-state index in [-0.39, 0.29) is 65.5 Å². The summed E-state index contributed by atoms with van der Waals surface area (Å²) >= 11 is 0. The van der Waals surface area contributed by atoms with Gasteiger partial charge in [0.05, 0.1) is 12.2 Å². The second-order valence-electron chi connectivity index (χ2n) is 15.3. The number of nitrogens with zero attached hydrogens (tertiary/aromatic N) is 7. The summed E-state index contributed by atoms with van der Waals surface area (Å²) < 4.78 is 75.4. The van der Waals surface area contributed by atoms with Crippen LogP contribution in [0.25, 0.3) is 22.6 Å². The molecule has 3 aliphatic rings. The lowest BCUT2D eigenvalue weighted by Gasteiger charge is -2.59. The Labute approximate surface area is 321 Å². The molecule has 3 N–H and O–H groups in total. The number of imide groups is 1. The number of H-pyrrole nitrogens is 1. The van der Waals surface area contributed by atoms with Gasteiger partial charge in [0.1, 0.15) is 22.9 Å². The molecule has 57 heavy (non-hydrogen) atoms. The third kappa shape index (κ3) is 7.34. The second-order valence-corrected chi connectivity index (χ2v) is 15.3. The second kappa shape index (κ2) is 14.1. The normalized spacial score (nSPS) is 17.4. The highest BCUT2D eigenvalue weighted by atomic mass is 19.4. The quantitative estimate of drug-likeness (QED) is 0.147. The van der Waals surface area contributed by atoms with Crippen molar-refractivity contribution in [3.63, 3.8) is 0 Å². The minimum absolute atomic E-state index is 0.0136. The van der Waals surface area contributed by atoms with Gasteiger partial charge in [-0.25, -0.2) is 28.5 Å². The van der Waals surface area contributed by atoms with Crippen LogP contribution in [0.15, 0.2) is 59.4 Å². The van der Waals surface area contributed by atoms with Gasteiger partial charge in [0.15, 0.2) is 17.3 Å². The number of anilines is 1. The molecule has 19 heteroatoms. The summed E-state index contributed by atoms with van der Waals surface area (Å²) in [6.45, 7) is 4.06. The van der Waals surface area contributed by atoms with Gasteiger partial charge in [-0.05, 0) is 67.3 Å². The SMILES string of the molecule is CC(C)(c1n[nH]c(CNC(=O)c2cc(-c3ncc(-c4ccc(CN5CC6(CC(c7ccc(N8CCC(=O)NC8=O)c(F)c7)C6)C5)cc4F)cn3)no2)n1)C(F)(F)F. The van der Waals surface area contributed by atoms with Gasteiger partial charge in [0.25, 0.3) is 5.91 Å². The maximum absolute atomic E-state index is 15.3. The number of hydrogen-bond donors (Lipinski definition) is 3. The van der Waals surface area contributed by atoms with Gasteiger partial charge < -0.3 is 9.84 Å². The smallest absolute Gasteiger partial charge is 0.350 e. The summed E-state index contributed by atoms with van der Waals surface area (Å²) in [6, 6.07) is 10.6. The number of likely N-dealkylation sites (tertiary alicyclic amines) is 1. The number of urea groups is 1. The van der Waals surface area contributed by atoms with Crippen molar-refractivity contribution >= 4 is 23.5 Å². The van der Waals surface area contributed by atoms with Crippen LogP contribution < -0.4 is 15.5 Å². The number of nitrogens with one attached hydrogen (secondary N) is 3. The molecule has 5 aromatic rings. The molecule has 3 aromatic heterocycles. The van der Waals surface area contributed by atoms with Crippen molar-refractivity contribution in [1.82, 2.24) is 45.8 Å². The minimum Gasteiger partial charge on any atom is -0.350 e. The Hall–Kier alpha value is -6.11. The molecule has 5 heterocycles. The highest BCUT2D eigenvalue weighted by molar-refractivity contribution is 6.05. The molecule has 1 aliphatic carbocycles. The maximum atomic E-state index is 15.3. The molecule has 0 bridgehead atoms. The first-order valence-corrected chi connectivity index (χ1v) is 18.1. The lowest BCUT2D eigenvalue weighted by molar-refractivity contribution is -0.182. The highest BCUT2D eigenvalue weighted by Crippen LogP contribution is 2.56. The number of rotatable bonds is 10. The van der Waals surface area contributed by atoms with E-state index in [0.717, 1.165) is 50.9 Å². The van der Waals surface area contributed by atoms with Crippen molar-refractivity contribution in [3.8, 4) is 22.6 Å². The van der Waals surface area contributed by atoms with E-state index in [0.29, 0.717) is 17.7 Å². The molecular weight excluding hydrogens is 755 g/mol. The van der Waals surface area contributed by atoms with Crippen LogP contribution >= 0.6 is 0 Å². The van der Waals surface area contributed by atoms with E-state index in [2.05, 4.69) is 45.8 Å². The van der Waals surface area contributed by atoms with Gasteiger partial charge in [0.2, 0.25) is 11.7 Å². The molecule has 4 amide bonds. The number of hydrogen-bond acceptors (Lipinski definition) is 10. The first-order chi connectivity index (χ1) is 27.1. The molecule has 0 radical (unpaired) electrons. The number of amides is 4. The maximum Gasteiger partial charge on any atom is 0.401 e. The monoisotopic (exact) mass is 790 g/mol. The van der Waals surface area contributed by atoms with Crippen molar-refractivity contribution in [2.75, 3.05) is 24.5 Å². The summed E-state index contributed by atoms with van der Waals surface area (Å²) in [4.78, 5) is 52.1. The summed E-state index contributed by atoms with van der Waals surface area (Å²) in [6.07, 6.45) is 0.224. The zero-order valence-corrected chi connectivity index (χ0v) is 30.6. The van der Waals surface area contributed by atoms with Crippen LogP contribution in [-0.2, 0) is 23.3 Å². The Morgan fingerprint density at radius 1 is 1.02 bits per heavy atom. The van der Waals surface area contributed by atoms with Crippen LogP contribution in [0.2, 0.25) is 0 Å². The van der Waals surface area contributed by atoms with Gasteiger partial charge in [-0.15, -0.1) is 0 Å². The number of carbonyl (C=O) groups is 3. The predicted octanol–water partition coefficient (Wildman–Crippen LogP) is 5.79. The molecule has 3 fully saturated rings. The first kappa shape index (κ1) is 37.8. The van der Waals surface area contributed by atoms with Crippen LogP contribution in [0.4, 0.5) is 32.4 Å². The summed E-state index contributed by atoms with van der Waals surface area (Å²) in [7, 11) is 0. The van der Waals surface area contributed by atoms with Crippen molar-refractivity contribution in [2.45, 2.75) is 63.7 Å². The molecular formula is C38H35F5N10O4. The zero-order valence-electron chi connectivity index (χ0n) is 30.6. The van der Waals surface area contributed by atoms with Crippen molar-refractivity contribution in [2.24, 2.45) is 5.41 Å². The summed E-state index contributed by atoms with van der Waals surface area (Å²) in [5.74, 6) is -2.34. The number of benzene rings is 2. The van der Waals surface area contributed by atoms with Crippen LogP contribution in [0, 0.1) is 17.0 Å². The number of carbonyl (C=O) groups excluding carboxylic acids is 3. The Morgan fingerprint density at radius 3 is 2.46 bits per heavy atom. The minimum atomic E-state index is -4.57. The molecule has 2 aliphatic heterocycles. The lowest BCUT2D eigenvalue weighted by Crippen LogP contribution is -2.61. The summed E-state index contributed by atoms with van der Waals surface area (Å²) in [5.41, 5.74) is 0.555. The molecule has 2 aromatic carbocycles. The van der Waals surface area contributed by atoms with E-state index >= 15 is 8.78 Å². The van der Waals surface area contributed by atoms with Crippen LogP contribution in [0.5, 0.6) is 0 Å². The number of alkyl halides is 3. The van der Waals surface area contributed by atoms with E-state index in [4.69, 9.17) is 4.52 Å². The van der Waals surface area contributed by atoms with Crippen molar-refractivity contribution in [3.05, 3.63) is 95.0 Å². The molecule has 14 nitrogen and oxygen atoms in total. The van der Waals surface area contributed by atoms with Crippen molar-refractivity contribution < 1.29 is 40.9 Å². The fourth-order valence-corrected chi connectivity index (χ4v) is 7.55. The van der Waals surface area contributed by atoms with Crippen LogP contribution in [-0.4, -0.2) is 78.9 Å². The van der Waals surface area contributed by atoms with Gasteiger partial charge in [-0.3, -0.25) is 29.8 Å². The van der Waals surface area contributed by atoms with Crippen LogP contribution in [0.3, 0.4) is 0 Å². The molecule has 296 valence electrons. The van der Waals surface area contributed by atoms with E-state index in [9.17, 15) is 27.6 Å². The van der Waals surface area contributed by atoms with Gasteiger partial charge >= 0.3 is 12.2 Å². The first-order valence-electron chi connectivity index (χ1n) is 18.1. The Bertz CT molecular complexity index is 2360.